The minimum Gasteiger partial charge on any atom is -0.390 e. The van der Waals surface area contributed by atoms with Gasteiger partial charge in [0.2, 0.25) is 0 Å². The van der Waals surface area contributed by atoms with Gasteiger partial charge >= 0.3 is 0 Å². The Morgan fingerprint density at radius 1 is 1.08 bits per heavy atom. The van der Waals surface area contributed by atoms with Crippen molar-refractivity contribution in [3.8, 4) is 0 Å². The van der Waals surface area contributed by atoms with E-state index in [0.717, 1.165) is 21.8 Å². The van der Waals surface area contributed by atoms with Crippen LogP contribution in [0.3, 0.4) is 0 Å². The van der Waals surface area contributed by atoms with E-state index in [0.29, 0.717) is 13.1 Å². The van der Waals surface area contributed by atoms with E-state index in [2.05, 4.69) is 28.8 Å². The Balaban J connectivity index is 1.55. The summed E-state index contributed by atoms with van der Waals surface area (Å²) in [5.41, 5.74) is 2.17. The topological polar surface area (TPSA) is 28.4 Å². The average Bonchev–Trinajstić information content (AvgIpc) is 2.87. The first-order chi connectivity index (χ1) is 11.9. The SMILES string of the molecule is CN(CC(O)Cn1c2ccccc2c2ccccc21)C1CC(F)(F)C1. The third kappa shape index (κ3) is 3.02. The fourth-order valence-corrected chi connectivity index (χ4v) is 3.89. The summed E-state index contributed by atoms with van der Waals surface area (Å²) in [5.74, 6) is -2.53. The number of halogens is 2. The molecule has 4 rings (SSSR count). The molecule has 1 N–H and O–H groups in total. The zero-order chi connectivity index (χ0) is 17.6. The molecule has 1 aliphatic rings. The summed E-state index contributed by atoms with van der Waals surface area (Å²) in [4.78, 5) is 1.86. The van der Waals surface area contributed by atoms with Gasteiger partial charge in [-0.1, -0.05) is 36.4 Å². The molecule has 5 heteroatoms. The highest BCUT2D eigenvalue weighted by Gasteiger charge is 2.47. The third-order valence-corrected chi connectivity index (χ3v) is 5.26. The first kappa shape index (κ1) is 16.5. The summed E-state index contributed by atoms with van der Waals surface area (Å²) in [6, 6.07) is 16.2. The normalized spacial score (nSPS) is 18.8. The van der Waals surface area contributed by atoms with Gasteiger partial charge in [0.1, 0.15) is 0 Å². The highest BCUT2D eigenvalue weighted by molar-refractivity contribution is 6.07. The molecule has 1 aromatic heterocycles. The quantitative estimate of drug-likeness (QED) is 0.761. The molecule has 3 nitrogen and oxygen atoms in total. The summed E-state index contributed by atoms with van der Waals surface area (Å²) in [7, 11) is 1.81. The molecule has 1 saturated carbocycles. The predicted molar refractivity (Wildman–Crippen MR) is 96.0 cm³/mol. The molecule has 0 aliphatic heterocycles. The molecule has 0 spiro atoms. The fourth-order valence-electron chi connectivity index (χ4n) is 3.89. The van der Waals surface area contributed by atoms with Gasteiger partial charge in [0.15, 0.2) is 0 Å². The number of rotatable bonds is 5. The number of aromatic nitrogens is 1. The van der Waals surface area contributed by atoms with Crippen LogP contribution in [0.2, 0.25) is 0 Å². The Bertz CT molecular complexity index is 844. The van der Waals surface area contributed by atoms with Gasteiger partial charge in [-0.15, -0.1) is 0 Å². The molecule has 1 fully saturated rings. The number of aliphatic hydroxyl groups excluding tert-OH is 1. The van der Waals surface area contributed by atoms with Gasteiger partial charge in [0, 0.05) is 47.2 Å². The van der Waals surface area contributed by atoms with Gasteiger partial charge in [0.05, 0.1) is 12.6 Å². The summed E-state index contributed by atoms with van der Waals surface area (Å²) < 4.78 is 28.2. The largest absolute Gasteiger partial charge is 0.390 e. The number of likely N-dealkylation sites (N-methyl/N-ethyl adjacent to an activating group) is 1. The third-order valence-electron chi connectivity index (χ3n) is 5.26. The van der Waals surface area contributed by atoms with Crippen molar-refractivity contribution < 1.29 is 13.9 Å². The van der Waals surface area contributed by atoms with E-state index in [1.807, 2.05) is 36.2 Å². The van der Waals surface area contributed by atoms with Crippen LogP contribution in [0.25, 0.3) is 21.8 Å². The monoisotopic (exact) mass is 344 g/mol. The lowest BCUT2D eigenvalue weighted by atomic mass is 9.87. The van der Waals surface area contributed by atoms with Crippen molar-refractivity contribution in [3.63, 3.8) is 0 Å². The smallest absolute Gasteiger partial charge is 0.251 e. The zero-order valence-corrected chi connectivity index (χ0v) is 14.2. The second-order valence-corrected chi connectivity index (χ2v) is 7.16. The molecule has 0 amide bonds. The lowest BCUT2D eigenvalue weighted by molar-refractivity contribution is -0.124. The van der Waals surface area contributed by atoms with Crippen molar-refractivity contribution >= 4 is 21.8 Å². The number of hydrogen-bond donors (Lipinski definition) is 1. The highest BCUT2D eigenvalue weighted by atomic mass is 19.3. The molecule has 0 bridgehead atoms. The van der Waals surface area contributed by atoms with Gasteiger partial charge in [-0.05, 0) is 19.2 Å². The van der Waals surface area contributed by atoms with E-state index in [-0.39, 0.29) is 18.9 Å². The molecule has 0 radical (unpaired) electrons. The summed E-state index contributed by atoms with van der Waals surface area (Å²) in [6.45, 7) is 0.836. The van der Waals surface area contributed by atoms with Crippen LogP contribution in [0.1, 0.15) is 12.8 Å². The van der Waals surface area contributed by atoms with Gasteiger partial charge in [-0.2, -0.15) is 0 Å². The van der Waals surface area contributed by atoms with Gasteiger partial charge in [-0.3, -0.25) is 0 Å². The van der Waals surface area contributed by atoms with Crippen LogP contribution >= 0.6 is 0 Å². The van der Waals surface area contributed by atoms with Crippen molar-refractivity contribution in [2.45, 2.75) is 37.5 Å². The summed E-state index contributed by atoms with van der Waals surface area (Å²) >= 11 is 0. The Labute approximate surface area is 145 Å². The van der Waals surface area contributed by atoms with Crippen molar-refractivity contribution in [1.29, 1.82) is 0 Å². The second-order valence-electron chi connectivity index (χ2n) is 7.16. The molecule has 2 aromatic carbocycles. The number of benzene rings is 2. The van der Waals surface area contributed by atoms with E-state index in [1.165, 1.54) is 0 Å². The maximum absolute atomic E-state index is 13.0. The average molecular weight is 344 g/mol. The van der Waals surface area contributed by atoms with Crippen molar-refractivity contribution in [2.24, 2.45) is 0 Å². The van der Waals surface area contributed by atoms with E-state index < -0.39 is 12.0 Å². The maximum Gasteiger partial charge on any atom is 0.251 e. The zero-order valence-electron chi connectivity index (χ0n) is 14.2. The molecule has 25 heavy (non-hydrogen) atoms. The van der Waals surface area contributed by atoms with Crippen LogP contribution < -0.4 is 0 Å². The van der Waals surface area contributed by atoms with Crippen molar-refractivity contribution in [2.75, 3.05) is 13.6 Å². The lowest BCUT2D eigenvalue weighted by Gasteiger charge is -2.41. The Morgan fingerprint density at radius 2 is 1.60 bits per heavy atom. The molecule has 1 unspecified atom stereocenters. The van der Waals surface area contributed by atoms with Crippen LogP contribution in [0, 0.1) is 0 Å². The number of nitrogens with zero attached hydrogens (tertiary/aromatic N) is 2. The molecule has 1 heterocycles. The molecule has 0 saturated heterocycles. The Hall–Kier alpha value is -1.98. The summed E-state index contributed by atoms with van der Waals surface area (Å²) in [6.07, 6.45) is -0.824. The molecule has 1 atom stereocenters. The van der Waals surface area contributed by atoms with E-state index in [1.54, 1.807) is 0 Å². The number of alkyl halides is 2. The van der Waals surface area contributed by atoms with Crippen LogP contribution in [0.4, 0.5) is 8.78 Å². The Kier molecular flexibility index (Phi) is 4.01. The van der Waals surface area contributed by atoms with E-state index in [4.69, 9.17) is 0 Å². The minimum absolute atomic E-state index is 0.106. The molecular weight excluding hydrogens is 322 g/mol. The summed E-state index contributed by atoms with van der Waals surface area (Å²) in [5, 5.41) is 12.9. The molecule has 3 aromatic rings. The van der Waals surface area contributed by atoms with E-state index >= 15 is 0 Å². The van der Waals surface area contributed by atoms with Crippen LogP contribution in [0.5, 0.6) is 0 Å². The number of fused-ring (bicyclic) bond motifs is 3. The van der Waals surface area contributed by atoms with Gasteiger partial charge in [0.25, 0.3) is 5.92 Å². The van der Waals surface area contributed by atoms with E-state index in [9.17, 15) is 13.9 Å². The molecular formula is C20H22F2N2O. The Morgan fingerprint density at radius 3 is 2.12 bits per heavy atom. The van der Waals surface area contributed by atoms with Gasteiger partial charge in [-0.25, -0.2) is 8.78 Å². The van der Waals surface area contributed by atoms with Crippen molar-refractivity contribution in [1.82, 2.24) is 9.47 Å². The van der Waals surface area contributed by atoms with Crippen LogP contribution in [-0.2, 0) is 6.54 Å². The minimum atomic E-state index is -2.53. The number of aliphatic hydroxyl groups is 1. The van der Waals surface area contributed by atoms with Crippen LogP contribution in [0.15, 0.2) is 48.5 Å². The number of para-hydroxylation sites is 2. The molecule has 1 aliphatic carbocycles. The highest BCUT2D eigenvalue weighted by Crippen LogP contribution is 2.40. The standard InChI is InChI=1S/C20H22F2N2O/c1-23(14-10-20(21,22)11-14)12-15(25)13-24-18-8-4-2-6-16(18)17-7-3-5-9-19(17)24/h2-9,14-15,25H,10-13H2,1H3. The first-order valence-electron chi connectivity index (χ1n) is 8.67. The first-order valence-corrected chi connectivity index (χ1v) is 8.67. The number of hydrogen-bond acceptors (Lipinski definition) is 2. The maximum atomic E-state index is 13.0. The van der Waals surface area contributed by atoms with Gasteiger partial charge < -0.3 is 14.6 Å². The molecule has 132 valence electrons. The van der Waals surface area contributed by atoms with Crippen LogP contribution in [-0.4, -0.2) is 46.2 Å². The second kappa shape index (κ2) is 6.07. The predicted octanol–water partition coefficient (Wildman–Crippen LogP) is 3.88. The fraction of sp³-hybridized carbons (Fsp3) is 0.400. The van der Waals surface area contributed by atoms with Crippen molar-refractivity contribution in [3.05, 3.63) is 48.5 Å². The lowest BCUT2D eigenvalue weighted by Crippen LogP contribution is -2.51.